The van der Waals surface area contributed by atoms with Gasteiger partial charge < -0.3 is 11.1 Å². The molecule has 0 fully saturated rings. The molecule has 0 spiro atoms. The van der Waals surface area contributed by atoms with Crippen molar-refractivity contribution in [2.24, 2.45) is 0 Å². The first-order valence-electron chi connectivity index (χ1n) is 5.14. The second-order valence-electron chi connectivity index (χ2n) is 3.89. The number of nitrogen functional groups attached to an aromatic ring is 1. The summed E-state index contributed by atoms with van der Waals surface area (Å²) < 4.78 is 13.5. The van der Waals surface area contributed by atoms with Crippen LogP contribution in [0.1, 0.15) is 5.56 Å². The Morgan fingerprint density at radius 3 is 2.53 bits per heavy atom. The molecule has 0 bridgehead atoms. The molecule has 0 aromatic heterocycles. The van der Waals surface area contributed by atoms with E-state index in [-0.39, 0.29) is 5.82 Å². The minimum atomic E-state index is -0.278. The first-order valence-corrected chi connectivity index (χ1v) is 5.93. The summed E-state index contributed by atoms with van der Waals surface area (Å²) in [5, 5.41) is 3.18. The number of anilines is 3. The van der Waals surface area contributed by atoms with Gasteiger partial charge in [-0.3, -0.25) is 0 Å². The van der Waals surface area contributed by atoms with E-state index in [0.29, 0.717) is 10.2 Å². The highest BCUT2D eigenvalue weighted by Crippen LogP contribution is 2.24. The molecule has 2 aromatic carbocycles. The number of nitrogens with two attached hydrogens (primary N) is 1. The van der Waals surface area contributed by atoms with E-state index in [4.69, 9.17) is 5.73 Å². The van der Waals surface area contributed by atoms with Crippen molar-refractivity contribution < 1.29 is 4.39 Å². The molecule has 3 N–H and O–H groups in total. The zero-order chi connectivity index (χ0) is 12.4. The Labute approximate surface area is 108 Å². The number of aryl methyl sites for hydroxylation is 1. The summed E-state index contributed by atoms with van der Waals surface area (Å²) in [5.74, 6) is -0.278. The summed E-state index contributed by atoms with van der Waals surface area (Å²) in [6, 6.07) is 10.5. The summed E-state index contributed by atoms with van der Waals surface area (Å²) in [6.45, 7) is 1.97. The molecule has 2 aromatic rings. The summed E-state index contributed by atoms with van der Waals surface area (Å²) in [5.41, 5.74) is 9.24. The molecule has 2 nitrogen and oxygen atoms in total. The Bertz CT molecular complexity index is 535. The van der Waals surface area contributed by atoms with Crippen LogP contribution >= 0.6 is 15.9 Å². The van der Waals surface area contributed by atoms with Crippen molar-refractivity contribution in [3.63, 3.8) is 0 Å². The van der Waals surface area contributed by atoms with Crippen molar-refractivity contribution in [3.8, 4) is 0 Å². The lowest BCUT2D eigenvalue weighted by Gasteiger charge is -2.09. The van der Waals surface area contributed by atoms with Crippen LogP contribution < -0.4 is 11.1 Å². The lowest BCUT2D eigenvalue weighted by molar-refractivity contribution is 0.621. The fourth-order valence-corrected chi connectivity index (χ4v) is 2.00. The Hall–Kier alpha value is -1.55. The molecule has 0 atom stereocenters. The van der Waals surface area contributed by atoms with Crippen LogP contribution in [0.25, 0.3) is 0 Å². The highest BCUT2D eigenvalue weighted by atomic mass is 79.9. The smallest absolute Gasteiger partial charge is 0.137 e. The van der Waals surface area contributed by atoms with E-state index in [1.165, 1.54) is 6.07 Å². The lowest BCUT2D eigenvalue weighted by Crippen LogP contribution is -1.94. The number of nitrogens with one attached hydrogen (secondary N) is 1. The van der Waals surface area contributed by atoms with Crippen LogP contribution in [0.3, 0.4) is 0 Å². The fourth-order valence-electron chi connectivity index (χ4n) is 1.63. The van der Waals surface area contributed by atoms with Crippen molar-refractivity contribution in [2.45, 2.75) is 6.92 Å². The SMILES string of the molecule is Cc1cc(N)cc(Nc2ccc(F)c(Br)c2)c1. The molecule has 0 aliphatic heterocycles. The molecule has 0 amide bonds. The van der Waals surface area contributed by atoms with Gasteiger partial charge in [-0.15, -0.1) is 0 Å². The number of benzene rings is 2. The van der Waals surface area contributed by atoms with Gasteiger partial charge in [-0.1, -0.05) is 0 Å². The van der Waals surface area contributed by atoms with E-state index in [1.54, 1.807) is 12.1 Å². The van der Waals surface area contributed by atoms with Crippen LogP contribution in [-0.2, 0) is 0 Å². The van der Waals surface area contributed by atoms with Crippen LogP contribution in [0.4, 0.5) is 21.5 Å². The van der Waals surface area contributed by atoms with Crippen molar-refractivity contribution in [1.29, 1.82) is 0 Å². The summed E-state index contributed by atoms with van der Waals surface area (Å²) in [4.78, 5) is 0. The molecule has 0 aliphatic carbocycles. The molecule has 2 rings (SSSR count). The predicted octanol–water partition coefficient (Wildman–Crippen LogP) is 4.22. The highest BCUT2D eigenvalue weighted by Gasteiger charge is 2.01. The molecular weight excluding hydrogens is 283 g/mol. The maximum absolute atomic E-state index is 13.1. The third-order valence-corrected chi connectivity index (χ3v) is 2.92. The van der Waals surface area contributed by atoms with Crippen molar-refractivity contribution >= 4 is 33.0 Å². The molecular formula is C13H12BrFN2. The van der Waals surface area contributed by atoms with Crippen LogP contribution in [0.5, 0.6) is 0 Å². The van der Waals surface area contributed by atoms with Crippen LogP contribution in [0.15, 0.2) is 40.9 Å². The Morgan fingerprint density at radius 2 is 1.88 bits per heavy atom. The van der Waals surface area contributed by atoms with Crippen molar-refractivity contribution in [1.82, 2.24) is 0 Å². The van der Waals surface area contributed by atoms with Crippen molar-refractivity contribution in [3.05, 3.63) is 52.3 Å². The summed E-state index contributed by atoms with van der Waals surface area (Å²) >= 11 is 3.15. The van der Waals surface area contributed by atoms with E-state index in [0.717, 1.165) is 16.9 Å². The minimum absolute atomic E-state index is 0.278. The molecule has 0 saturated carbocycles. The van der Waals surface area contributed by atoms with Gasteiger partial charge in [-0.25, -0.2) is 4.39 Å². The van der Waals surface area contributed by atoms with E-state index in [9.17, 15) is 4.39 Å². The first-order chi connectivity index (χ1) is 8.04. The molecule has 0 aliphatic rings. The maximum atomic E-state index is 13.1. The molecule has 0 saturated heterocycles. The molecule has 0 heterocycles. The maximum Gasteiger partial charge on any atom is 0.137 e. The van der Waals surface area contributed by atoms with Gasteiger partial charge in [-0.2, -0.15) is 0 Å². The van der Waals surface area contributed by atoms with E-state index >= 15 is 0 Å². The Morgan fingerprint density at radius 1 is 1.12 bits per heavy atom. The molecule has 88 valence electrons. The quantitative estimate of drug-likeness (QED) is 0.814. The molecule has 17 heavy (non-hydrogen) atoms. The Kier molecular flexibility index (Phi) is 3.33. The average Bonchev–Trinajstić information content (AvgIpc) is 2.22. The van der Waals surface area contributed by atoms with Gasteiger partial charge in [-0.05, 0) is 64.8 Å². The lowest BCUT2D eigenvalue weighted by atomic mass is 10.2. The topological polar surface area (TPSA) is 38.0 Å². The second kappa shape index (κ2) is 4.75. The number of hydrogen-bond donors (Lipinski definition) is 2. The van der Waals surface area contributed by atoms with Crippen LogP contribution in [0.2, 0.25) is 0 Å². The summed E-state index contributed by atoms with van der Waals surface area (Å²) in [6.07, 6.45) is 0. The Balaban J connectivity index is 2.28. The standard InChI is InChI=1S/C13H12BrFN2/c1-8-4-9(16)6-11(5-8)17-10-2-3-13(15)12(14)7-10/h2-7,17H,16H2,1H3. The first kappa shape index (κ1) is 11.9. The third kappa shape index (κ3) is 2.97. The number of rotatable bonds is 2. The van der Waals surface area contributed by atoms with Gasteiger partial charge in [0.15, 0.2) is 0 Å². The monoisotopic (exact) mass is 294 g/mol. The van der Waals surface area contributed by atoms with Crippen molar-refractivity contribution in [2.75, 3.05) is 11.1 Å². The van der Waals surface area contributed by atoms with Gasteiger partial charge >= 0.3 is 0 Å². The van der Waals surface area contributed by atoms with Crippen LogP contribution in [-0.4, -0.2) is 0 Å². The normalized spacial score (nSPS) is 10.3. The zero-order valence-corrected chi connectivity index (χ0v) is 10.9. The molecule has 4 heteroatoms. The average molecular weight is 295 g/mol. The largest absolute Gasteiger partial charge is 0.399 e. The molecule has 0 unspecified atom stereocenters. The van der Waals surface area contributed by atoms with E-state index in [1.807, 2.05) is 25.1 Å². The van der Waals surface area contributed by atoms with Crippen LogP contribution in [0, 0.1) is 12.7 Å². The van der Waals surface area contributed by atoms with Gasteiger partial charge in [0.1, 0.15) is 5.82 Å². The van der Waals surface area contributed by atoms with Gasteiger partial charge in [0.25, 0.3) is 0 Å². The van der Waals surface area contributed by atoms with E-state index < -0.39 is 0 Å². The van der Waals surface area contributed by atoms with Gasteiger partial charge in [0.2, 0.25) is 0 Å². The minimum Gasteiger partial charge on any atom is -0.399 e. The van der Waals surface area contributed by atoms with Gasteiger partial charge in [0, 0.05) is 17.1 Å². The predicted molar refractivity (Wildman–Crippen MR) is 73.0 cm³/mol. The number of hydrogen-bond acceptors (Lipinski definition) is 2. The third-order valence-electron chi connectivity index (χ3n) is 2.31. The number of halogens is 2. The summed E-state index contributed by atoms with van der Waals surface area (Å²) in [7, 11) is 0. The highest BCUT2D eigenvalue weighted by molar-refractivity contribution is 9.10. The second-order valence-corrected chi connectivity index (χ2v) is 4.74. The molecule has 0 radical (unpaired) electrons. The van der Waals surface area contributed by atoms with Gasteiger partial charge in [0.05, 0.1) is 4.47 Å². The zero-order valence-electron chi connectivity index (χ0n) is 9.30. The fraction of sp³-hybridized carbons (Fsp3) is 0.0769. The van der Waals surface area contributed by atoms with E-state index in [2.05, 4.69) is 21.2 Å².